The van der Waals surface area contributed by atoms with Crippen LogP contribution in [0.15, 0.2) is 30.3 Å². The summed E-state index contributed by atoms with van der Waals surface area (Å²) in [5, 5.41) is 0. The summed E-state index contributed by atoms with van der Waals surface area (Å²) >= 11 is 0. The van der Waals surface area contributed by atoms with Crippen LogP contribution in [0.1, 0.15) is 5.56 Å². The summed E-state index contributed by atoms with van der Waals surface area (Å²) in [6, 6.07) is 7.22. The van der Waals surface area contributed by atoms with Gasteiger partial charge in [-0.15, -0.1) is 0 Å². The van der Waals surface area contributed by atoms with Crippen LogP contribution in [0.4, 0.5) is 14.5 Å². The zero-order valence-electron chi connectivity index (χ0n) is 10.1. The highest BCUT2D eigenvalue weighted by Crippen LogP contribution is 2.31. The first-order valence-corrected chi connectivity index (χ1v) is 5.42. The van der Waals surface area contributed by atoms with Gasteiger partial charge >= 0.3 is 0 Å². The molecular formula is C14H13F2NO. The average Bonchev–Trinajstić information content (AvgIpc) is 2.32. The Morgan fingerprint density at radius 2 is 1.67 bits per heavy atom. The predicted molar refractivity (Wildman–Crippen MR) is 67.5 cm³/mol. The second kappa shape index (κ2) is 4.64. The molecule has 0 bridgehead atoms. The van der Waals surface area contributed by atoms with Crippen LogP contribution in [0.25, 0.3) is 11.1 Å². The second-order valence-corrected chi connectivity index (χ2v) is 4.04. The number of anilines is 1. The first-order valence-electron chi connectivity index (χ1n) is 5.42. The van der Waals surface area contributed by atoms with Crippen LogP contribution in [-0.4, -0.2) is 7.11 Å². The monoisotopic (exact) mass is 249 g/mol. The Hall–Kier alpha value is -2.10. The maximum Gasteiger partial charge on any atom is 0.137 e. The topological polar surface area (TPSA) is 35.2 Å². The molecule has 0 unspecified atom stereocenters. The van der Waals surface area contributed by atoms with Gasteiger partial charge in [-0.2, -0.15) is 0 Å². The van der Waals surface area contributed by atoms with Gasteiger partial charge in [0.05, 0.1) is 12.7 Å². The van der Waals surface area contributed by atoms with E-state index in [1.807, 2.05) is 6.92 Å². The summed E-state index contributed by atoms with van der Waals surface area (Å²) in [7, 11) is 1.36. The molecular weight excluding hydrogens is 236 g/mol. The van der Waals surface area contributed by atoms with Crippen molar-refractivity contribution < 1.29 is 13.5 Å². The number of aryl methyl sites for hydroxylation is 1. The summed E-state index contributed by atoms with van der Waals surface area (Å²) in [6.45, 7) is 1.83. The molecule has 0 atom stereocenters. The van der Waals surface area contributed by atoms with Crippen molar-refractivity contribution in [3.05, 3.63) is 47.5 Å². The standard InChI is InChI=1S/C14H13F2NO/c1-8-3-4-9(5-13(8)17)14-11(15)6-10(18-2)7-12(14)16/h3-7H,17H2,1-2H3. The molecule has 0 aliphatic carbocycles. The van der Waals surface area contributed by atoms with Gasteiger partial charge in [0.2, 0.25) is 0 Å². The van der Waals surface area contributed by atoms with Gasteiger partial charge < -0.3 is 10.5 Å². The maximum absolute atomic E-state index is 13.9. The first-order chi connectivity index (χ1) is 8.52. The first kappa shape index (κ1) is 12.4. The van der Waals surface area contributed by atoms with Crippen molar-refractivity contribution in [2.24, 2.45) is 0 Å². The van der Waals surface area contributed by atoms with E-state index in [1.54, 1.807) is 18.2 Å². The van der Waals surface area contributed by atoms with Crippen LogP contribution in [0.2, 0.25) is 0 Å². The summed E-state index contributed by atoms with van der Waals surface area (Å²) in [6.07, 6.45) is 0. The van der Waals surface area contributed by atoms with Crippen LogP contribution in [-0.2, 0) is 0 Å². The third-order valence-corrected chi connectivity index (χ3v) is 2.82. The van der Waals surface area contributed by atoms with Crippen molar-refractivity contribution in [2.45, 2.75) is 6.92 Å². The van der Waals surface area contributed by atoms with Gasteiger partial charge in [-0.1, -0.05) is 12.1 Å². The van der Waals surface area contributed by atoms with Gasteiger partial charge in [0.1, 0.15) is 17.4 Å². The number of hydrogen-bond donors (Lipinski definition) is 1. The maximum atomic E-state index is 13.9. The third-order valence-electron chi connectivity index (χ3n) is 2.82. The van der Waals surface area contributed by atoms with Crippen LogP contribution in [0.3, 0.4) is 0 Å². The zero-order valence-corrected chi connectivity index (χ0v) is 10.1. The third kappa shape index (κ3) is 2.14. The lowest BCUT2D eigenvalue weighted by Crippen LogP contribution is -1.95. The minimum atomic E-state index is -0.671. The minimum Gasteiger partial charge on any atom is -0.497 e. The fraction of sp³-hybridized carbons (Fsp3) is 0.143. The second-order valence-electron chi connectivity index (χ2n) is 4.04. The molecule has 0 spiro atoms. The summed E-state index contributed by atoms with van der Waals surface area (Å²) in [4.78, 5) is 0. The molecule has 18 heavy (non-hydrogen) atoms. The fourth-order valence-corrected chi connectivity index (χ4v) is 1.74. The van der Waals surface area contributed by atoms with E-state index in [9.17, 15) is 8.78 Å². The van der Waals surface area contributed by atoms with E-state index in [1.165, 1.54) is 7.11 Å². The molecule has 4 heteroatoms. The lowest BCUT2D eigenvalue weighted by molar-refractivity contribution is 0.407. The van der Waals surface area contributed by atoms with Crippen molar-refractivity contribution in [3.63, 3.8) is 0 Å². The molecule has 2 rings (SSSR count). The Morgan fingerprint density at radius 1 is 1.06 bits per heavy atom. The number of nitrogen functional groups attached to an aromatic ring is 1. The van der Waals surface area contributed by atoms with Gasteiger partial charge in [0.15, 0.2) is 0 Å². The molecule has 0 aliphatic rings. The van der Waals surface area contributed by atoms with Crippen molar-refractivity contribution in [3.8, 4) is 16.9 Å². The molecule has 94 valence electrons. The Balaban J connectivity index is 2.60. The Labute approximate surface area is 104 Å². The van der Waals surface area contributed by atoms with E-state index in [0.717, 1.165) is 17.7 Å². The Bertz CT molecular complexity index is 573. The van der Waals surface area contributed by atoms with E-state index >= 15 is 0 Å². The van der Waals surface area contributed by atoms with Gasteiger partial charge in [0.25, 0.3) is 0 Å². The van der Waals surface area contributed by atoms with Crippen molar-refractivity contribution in [1.29, 1.82) is 0 Å². The molecule has 2 N–H and O–H groups in total. The molecule has 0 radical (unpaired) electrons. The molecule has 0 fully saturated rings. The Kier molecular flexibility index (Phi) is 3.19. The highest BCUT2D eigenvalue weighted by atomic mass is 19.1. The number of nitrogens with two attached hydrogens (primary N) is 1. The average molecular weight is 249 g/mol. The molecule has 0 amide bonds. The summed E-state index contributed by atoms with van der Waals surface area (Å²) < 4.78 is 32.5. The zero-order chi connectivity index (χ0) is 13.3. The molecule has 0 saturated carbocycles. The molecule has 0 aromatic heterocycles. The van der Waals surface area contributed by atoms with Gasteiger partial charge in [-0.3, -0.25) is 0 Å². The van der Waals surface area contributed by atoms with Crippen molar-refractivity contribution in [1.82, 2.24) is 0 Å². The molecule has 2 aromatic carbocycles. The lowest BCUT2D eigenvalue weighted by atomic mass is 10.0. The predicted octanol–water partition coefficient (Wildman–Crippen LogP) is 3.53. The smallest absolute Gasteiger partial charge is 0.137 e. The van der Waals surface area contributed by atoms with Gasteiger partial charge in [0, 0.05) is 17.8 Å². The van der Waals surface area contributed by atoms with E-state index in [2.05, 4.69) is 0 Å². The van der Waals surface area contributed by atoms with E-state index in [0.29, 0.717) is 11.3 Å². The van der Waals surface area contributed by atoms with E-state index in [4.69, 9.17) is 10.5 Å². The van der Waals surface area contributed by atoms with E-state index < -0.39 is 11.6 Å². The number of methoxy groups -OCH3 is 1. The quantitative estimate of drug-likeness (QED) is 0.826. The minimum absolute atomic E-state index is 0.0949. The van der Waals surface area contributed by atoms with E-state index in [-0.39, 0.29) is 11.3 Å². The van der Waals surface area contributed by atoms with Crippen LogP contribution in [0, 0.1) is 18.6 Å². The van der Waals surface area contributed by atoms with Crippen LogP contribution >= 0.6 is 0 Å². The fourth-order valence-electron chi connectivity index (χ4n) is 1.74. The molecule has 2 aromatic rings. The largest absolute Gasteiger partial charge is 0.497 e. The number of benzene rings is 2. The summed E-state index contributed by atoms with van der Waals surface area (Å²) in [5.41, 5.74) is 7.43. The molecule has 0 heterocycles. The SMILES string of the molecule is COc1cc(F)c(-c2ccc(C)c(N)c2)c(F)c1. The molecule has 0 saturated heterocycles. The number of halogens is 2. The molecule has 2 nitrogen and oxygen atoms in total. The number of rotatable bonds is 2. The Morgan fingerprint density at radius 3 is 2.17 bits per heavy atom. The molecule has 0 aliphatic heterocycles. The summed E-state index contributed by atoms with van der Waals surface area (Å²) in [5.74, 6) is -1.20. The highest BCUT2D eigenvalue weighted by molar-refractivity contribution is 5.70. The van der Waals surface area contributed by atoms with Crippen LogP contribution in [0.5, 0.6) is 5.75 Å². The number of ether oxygens (including phenoxy) is 1. The van der Waals surface area contributed by atoms with Gasteiger partial charge in [-0.25, -0.2) is 8.78 Å². The van der Waals surface area contributed by atoms with Crippen LogP contribution < -0.4 is 10.5 Å². The normalized spacial score (nSPS) is 10.4. The highest BCUT2D eigenvalue weighted by Gasteiger charge is 2.14. The number of hydrogen-bond acceptors (Lipinski definition) is 2. The van der Waals surface area contributed by atoms with Crippen molar-refractivity contribution in [2.75, 3.05) is 12.8 Å². The van der Waals surface area contributed by atoms with Gasteiger partial charge in [-0.05, 0) is 24.1 Å². The lowest BCUT2D eigenvalue weighted by Gasteiger charge is -2.09. The van der Waals surface area contributed by atoms with Crippen molar-refractivity contribution >= 4 is 5.69 Å².